The van der Waals surface area contributed by atoms with Crippen molar-refractivity contribution in [2.24, 2.45) is 0 Å². The van der Waals surface area contributed by atoms with Gasteiger partial charge in [0.25, 0.3) is 0 Å². The highest BCUT2D eigenvalue weighted by atomic mass is 16.7. The fourth-order valence-corrected chi connectivity index (χ4v) is 5.24. The Morgan fingerprint density at radius 3 is 1.95 bits per heavy atom. The highest BCUT2D eigenvalue weighted by Crippen LogP contribution is 2.39. The molecule has 2 aromatic rings. The normalized spacial score (nSPS) is 18.6. The van der Waals surface area contributed by atoms with E-state index in [0.29, 0.717) is 25.9 Å². The largest absolute Gasteiger partial charge is 0.444 e. The monoisotopic (exact) mass is 509 g/mol. The average Bonchev–Trinajstić information content (AvgIpc) is 2.77. The van der Waals surface area contributed by atoms with Crippen LogP contribution in [-0.2, 0) is 27.4 Å². The Morgan fingerprint density at radius 2 is 1.43 bits per heavy atom. The molecule has 7 nitrogen and oxygen atoms in total. The zero-order chi connectivity index (χ0) is 27.3. The zero-order valence-electron chi connectivity index (χ0n) is 23.3. The van der Waals surface area contributed by atoms with E-state index in [1.807, 2.05) is 48.5 Å². The lowest BCUT2D eigenvalue weighted by atomic mass is 9.79. The Balaban J connectivity index is 1.69. The number of ether oxygens (including phenoxy) is 1. The van der Waals surface area contributed by atoms with Crippen molar-refractivity contribution in [3.63, 3.8) is 0 Å². The van der Waals surface area contributed by atoms with Gasteiger partial charge >= 0.3 is 6.09 Å². The molecule has 1 fully saturated rings. The summed E-state index contributed by atoms with van der Waals surface area (Å²) in [5.74, 6) is -0.218. The summed E-state index contributed by atoms with van der Waals surface area (Å²) >= 11 is 0. The van der Waals surface area contributed by atoms with Crippen LogP contribution < -0.4 is 10.6 Å². The summed E-state index contributed by atoms with van der Waals surface area (Å²) in [6.07, 6.45) is 1.19. The van der Waals surface area contributed by atoms with Crippen LogP contribution in [0.3, 0.4) is 0 Å². The van der Waals surface area contributed by atoms with Gasteiger partial charge in [-0.05, 0) is 72.4 Å². The second-order valence-corrected chi connectivity index (χ2v) is 12.2. The number of hydrogen-bond donors (Lipinski definition) is 2. The van der Waals surface area contributed by atoms with E-state index in [-0.39, 0.29) is 23.0 Å². The maximum absolute atomic E-state index is 13.5. The lowest BCUT2D eigenvalue weighted by Gasteiger charge is -2.54. The fourth-order valence-electron chi connectivity index (χ4n) is 5.24. The first kappa shape index (κ1) is 28.7. The molecule has 0 spiro atoms. The molecule has 1 heterocycles. The molecule has 0 unspecified atom stereocenters. The van der Waals surface area contributed by atoms with E-state index in [4.69, 9.17) is 9.57 Å². The SMILES string of the molecule is CC(C)(C)OC(=O)N[C@@H](Cc1ccccc1)C(=O)NC1CC(C)(C)N(OCc2ccccc2)C(C)(C)C1. The molecule has 0 saturated carbocycles. The van der Waals surface area contributed by atoms with E-state index in [0.717, 1.165) is 11.1 Å². The Kier molecular flexibility index (Phi) is 9.03. The predicted molar refractivity (Wildman–Crippen MR) is 146 cm³/mol. The van der Waals surface area contributed by atoms with Crippen molar-refractivity contribution >= 4 is 12.0 Å². The standard InChI is InChI=1S/C30H43N3O4/c1-28(2,3)37-27(35)32-25(18-22-14-10-8-11-15-22)26(34)31-24-19-29(4,5)33(30(6,7)20-24)36-21-23-16-12-9-13-17-23/h8-17,24-25H,18-21H2,1-7H3,(H,31,34)(H,32,35)/t25-/m0/s1. The molecule has 2 aromatic carbocycles. The first-order valence-electron chi connectivity index (χ1n) is 13.1. The van der Waals surface area contributed by atoms with E-state index >= 15 is 0 Å². The summed E-state index contributed by atoms with van der Waals surface area (Å²) in [6.45, 7) is 14.4. The Bertz CT molecular complexity index is 1010. The Morgan fingerprint density at radius 1 is 0.919 bits per heavy atom. The number of hydrogen-bond acceptors (Lipinski definition) is 5. The van der Waals surface area contributed by atoms with Crippen molar-refractivity contribution in [2.75, 3.05) is 0 Å². The predicted octanol–water partition coefficient (Wildman–Crippen LogP) is 5.39. The van der Waals surface area contributed by atoms with Crippen molar-refractivity contribution < 1.29 is 19.2 Å². The van der Waals surface area contributed by atoms with Crippen molar-refractivity contribution in [1.29, 1.82) is 0 Å². The molecule has 1 aliphatic heterocycles. The van der Waals surface area contributed by atoms with Crippen LogP contribution in [0.4, 0.5) is 4.79 Å². The van der Waals surface area contributed by atoms with Crippen molar-refractivity contribution in [3.05, 3.63) is 71.8 Å². The molecule has 0 aromatic heterocycles. The van der Waals surface area contributed by atoms with E-state index in [1.165, 1.54) is 0 Å². The summed E-state index contributed by atoms with van der Waals surface area (Å²) in [5, 5.41) is 8.09. The summed E-state index contributed by atoms with van der Waals surface area (Å²) < 4.78 is 5.44. The molecule has 0 radical (unpaired) electrons. The highest BCUT2D eigenvalue weighted by molar-refractivity contribution is 5.86. The van der Waals surface area contributed by atoms with Gasteiger partial charge in [-0.2, -0.15) is 5.06 Å². The lowest BCUT2D eigenvalue weighted by molar-refractivity contribution is -0.291. The van der Waals surface area contributed by atoms with E-state index in [2.05, 4.69) is 55.5 Å². The highest BCUT2D eigenvalue weighted by Gasteiger charge is 2.47. The summed E-state index contributed by atoms with van der Waals surface area (Å²) in [5.41, 5.74) is 0.785. The molecule has 2 amide bonds. The smallest absolute Gasteiger partial charge is 0.408 e. The molecule has 0 bridgehead atoms. The topological polar surface area (TPSA) is 79.9 Å². The first-order valence-corrected chi connectivity index (χ1v) is 13.1. The lowest BCUT2D eigenvalue weighted by Crippen LogP contribution is -2.65. The van der Waals surface area contributed by atoms with Crippen LogP contribution in [0.25, 0.3) is 0 Å². The number of nitrogens with zero attached hydrogens (tertiary/aromatic N) is 1. The molecule has 1 saturated heterocycles. The number of alkyl carbamates (subject to hydrolysis) is 1. The maximum Gasteiger partial charge on any atom is 0.408 e. The number of benzene rings is 2. The molecule has 37 heavy (non-hydrogen) atoms. The van der Waals surface area contributed by atoms with Crippen molar-refractivity contribution in [3.8, 4) is 0 Å². The third-order valence-electron chi connectivity index (χ3n) is 6.43. The van der Waals surface area contributed by atoms with Gasteiger partial charge in [-0.25, -0.2) is 4.79 Å². The van der Waals surface area contributed by atoms with Crippen LogP contribution in [0.5, 0.6) is 0 Å². The number of rotatable bonds is 8. The van der Waals surface area contributed by atoms with Crippen LogP contribution >= 0.6 is 0 Å². The minimum atomic E-state index is -0.754. The van der Waals surface area contributed by atoms with Gasteiger partial charge in [0.15, 0.2) is 0 Å². The quantitative estimate of drug-likeness (QED) is 0.499. The molecule has 0 aliphatic carbocycles. The number of carbonyl (C=O) groups excluding carboxylic acids is 2. The molecule has 1 aliphatic rings. The van der Waals surface area contributed by atoms with Gasteiger partial charge in [-0.3, -0.25) is 9.63 Å². The third kappa shape index (κ3) is 8.58. The van der Waals surface area contributed by atoms with Crippen LogP contribution in [0.1, 0.15) is 72.4 Å². The van der Waals surface area contributed by atoms with Gasteiger partial charge in [-0.15, -0.1) is 0 Å². The average molecular weight is 510 g/mol. The number of amides is 2. The van der Waals surface area contributed by atoms with Gasteiger partial charge in [0.1, 0.15) is 11.6 Å². The summed E-state index contributed by atoms with van der Waals surface area (Å²) in [6, 6.07) is 19.0. The number of hydroxylamine groups is 2. The minimum Gasteiger partial charge on any atom is -0.444 e. The number of nitrogens with one attached hydrogen (secondary N) is 2. The summed E-state index contributed by atoms with van der Waals surface area (Å²) in [7, 11) is 0. The maximum atomic E-state index is 13.5. The van der Waals surface area contributed by atoms with E-state index in [9.17, 15) is 9.59 Å². The third-order valence-corrected chi connectivity index (χ3v) is 6.43. The van der Waals surface area contributed by atoms with E-state index < -0.39 is 17.7 Å². The van der Waals surface area contributed by atoms with Crippen molar-refractivity contribution in [1.82, 2.24) is 15.7 Å². The molecule has 202 valence electrons. The molecule has 2 N–H and O–H groups in total. The van der Waals surface area contributed by atoms with Crippen molar-refractivity contribution in [2.45, 2.75) is 103 Å². The molecule has 1 atom stereocenters. The van der Waals surface area contributed by atoms with Gasteiger partial charge in [-0.1, -0.05) is 60.7 Å². The second-order valence-electron chi connectivity index (χ2n) is 12.2. The first-order chi connectivity index (χ1) is 17.2. The van der Waals surface area contributed by atoms with Crippen LogP contribution in [0.2, 0.25) is 0 Å². The Labute approximate surface area is 221 Å². The Hall–Kier alpha value is -2.90. The number of piperidine rings is 1. The fraction of sp³-hybridized carbons (Fsp3) is 0.533. The van der Waals surface area contributed by atoms with Gasteiger partial charge in [0.05, 0.1) is 6.61 Å². The molecule has 3 rings (SSSR count). The second kappa shape index (κ2) is 11.7. The van der Waals surface area contributed by atoms with Crippen LogP contribution in [-0.4, -0.2) is 45.8 Å². The van der Waals surface area contributed by atoms with E-state index in [1.54, 1.807) is 20.8 Å². The summed E-state index contributed by atoms with van der Waals surface area (Å²) in [4.78, 5) is 32.4. The molecular formula is C30H43N3O4. The minimum absolute atomic E-state index is 0.0761. The number of carbonyl (C=O) groups is 2. The van der Waals surface area contributed by atoms with Gasteiger partial charge < -0.3 is 15.4 Å². The van der Waals surface area contributed by atoms with Gasteiger partial charge in [0, 0.05) is 23.5 Å². The molecular weight excluding hydrogens is 466 g/mol. The van der Waals surface area contributed by atoms with Crippen LogP contribution in [0.15, 0.2) is 60.7 Å². The van der Waals surface area contributed by atoms with Gasteiger partial charge in [0.2, 0.25) is 5.91 Å². The zero-order valence-corrected chi connectivity index (χ0v) is 23.3. The molecule has 7 heteroatoms. The van der Waals surface area contributed by atoms with Crippen LogP contribution in [0, 0.1) is 0 Å².